The third-order valence-corrected chi connectivity index (χ3v) is 6.33. The zero-order valence-corrected chi connectivity index (χ0v) is 15.0. The van der Waals surface area contributed by atoms with Crippen LogP contribution in [0.3, 0.4) is 0 Å². The van der Waals surface area contributed by atoms with E-state index in [1.165, 1.54) is 4.31 Å². The van der Waals surface area contributed by atoms with E-state index in [9.17, 15) is 8.42 Å². The number of sulfonamides is 1. The fourth-order valence-electron chi connectivity index (χ4n) is 2.69. The number of hydrogen-bond acceptors (Lipinski definition) is 7. The number of nitrogens with zero attached hydrogens (tertiary/aromatic N) is 3. The average Bonchev–Trinajstić information content (AvgIpc) is 3.10. The van der Waals surface area contributed by atoms with Crippen LogP contribution in [-0.2, 0) is 16.6 Å². The average molecular weight is 377 g/mol. The molecule has 0 saturated carbocycles. The molecule has 0 unspecified atom stereocenters. The Kier molecular flexibility index (Phi) is 4.06. The van der Waals surface area contributed by atoms with Crippen molar-refractivity contribution in [2.24, 2.45) is 0 Å². The van der Waals surface area contributed by atoms with Gasteiger partial charge in [-0.2, -0.15) is 13.1 Å². The van der Waals surface area contributed by atoms with E-state index < -0.39 is 10.0 Å². The minimum atomic E-state index is -3.69. The Morgan fingerprint density at radius 2 is 1.92 bits per heavy atom. The molecule has 2 aromatic carbocycles. The molecule has 0 saturated heterocycles. The summed E-state index contributed by atoms with van der Waals surface area (Å²) in [6.07, 6.45) is 0. The first-order valence-corrected chi connectivity index (χ1v) is 9.79. The van der Waals surface area contributed by atoms with E-state index in [0.29, 0.717) is 35.7 Å². The lowest BCUT2D eigenvalue weighted by Crippen LogP contribution is -2.27. The summed E-state index contributed by atoms with van der Waals surface area (Å²) in [6, 6.07) is 10.4. The molecule has 0 bridgehead atoms. The Bertz CT molecular complexity index is 1030. The molecule has 1 aliphatic heterocycles. The van der Waals surface area contributed by atoms with E-state index in [1.807, 2.05) is 12.1 Å². The van der Waals surface area contributed by atoms with Gasteiger partial charge in [0.05, 0.1) is 11.7 Å². The van der Waals surface area contributed by atoms with Crippen LogP contribution in [0.25, 0.3) is 11.0 Å². The summed E-state index contributed by atoms with van der Waals surface area (Å²) in [7, 11) is -2.14. The molecule has 4 rings (SSSR count). The van der Waals surface area contributed by atoms with Crippen molar-refractivity contribution < 1.29 is 17.9 Å². The highest BCUT2D eigenvalue weighted by atomic mass is 32.2. The zero-order valence-electron chi connectivity index (χ0n) is 13.4. The first kappa shape index (κ1) is 16.2. The molecule has 0 radical (unpaired) electrons. The number of ether oxygens (including phenoxy) is 2. The lowest BCUT2D eigenvalue weighted by Gasteiger charge is -2.21. The summed E-state index contributed by atoms with van der Waals surface area (Å²) in [4.78, 5) is 0.166. The van der Waals surface area contributed by atoms with Crippen LogP contribution >= 0.6 is 11.7 Å². The van der Waals surface area contributed by atoms with Crippen LogP contribution in [0.15, 0.2) is 41.3 Å². The van der Waals surface area contributed by atoms with Crippen molar-refractivity contribution in [2.45, 2.75) is 11.4 Å². The SMILES string of the molecule is CN(Cc1ccc2c(c1)OCCO2)S(=O)(=O)c1cccc2nsnc12. The Morgan fingerprint density at radius 1 is 1.12 bits per heavy atom. The number of benzene rings is 2. The number of hydrogen-bond donors (Lipinski definition) is 0. The molecular formula is C16H15N3O4S2. The molecule has 7 nitrogen and oxygen atoms in total. The molecule has 0 fully saturated rings. The standard InChI is InChI=1S/C16H15N3O4S2/c1-19(10-11-5-6-13-14(9-11)23-8-7-22-13)25(20,21)15-4-2-3-12-16(15)18-24-17-12/h2-6,9H,7-8,10H2,1H3. The highest BCUT2D eigenvalue weighted by Gasteiger charge is 2.25. The molecule has 0 amide bonds. The normalized spacial score (nSPS) is 14.2. The van der Waals surface area contributed by atoms with Gasteiger partial charge >= 0.3 is 0 Å². The second-order valence-electron chi connectivity index (χ2n) is 5.63. The lowest BCUT2D eigenvalue weighted by atomic mass is 10.2. The fraction of sp³-hybridized carbons (Fsp3) is 0.250. The number of rotatable bonds is 4. The Hall–Kier alpha value is -2.23. The minimum absolute atomic E-state index is 0.166. The molecule has 9 heteroatoms. The van der Waals surface area contributed by atoms with Crippen LogP contribution in [0.4, 0.5) is 0 Å². The number of aromatic nitrogens is 2. The predicted octanol–water partition coefficient (Wildman–Crippen LogP) is 2.28. The van der Waals surface area contributed by atoms with Crippen LogP contribution in [0, 0.1) is 0 Å². The highest BCUT2D eigenvalue weighted by Crippen LogP contribution is 2.32. The van der Waals surface area contributed by atoms with Gasteiger partial charge in [-0.25, -0.2) is 8.42 Å². The van der Waals surface area contributed by atoms with Crippen molar-refractivity contribution in [3.63, 3.8) is 0 Å². The summed E-state index contributed by atoms with van der Waals surface area (Å²) in [5.41, 5.74) is 1.80. The van der Waals surface area contributed by atoms with Crippen LogP contribution < -0.4 is 9.47 Å². The quantitative estimate of drug-likeness (QED) is 0.694. The van der Waals surface area contributed by atoms with Gasteiger partial charge in [0, 0.05) is 13.6 Å². The van der Waals surface area contributed by atoms with Crippen LogP contribution in [0.1, 0.15) is 5.56 Å². The van der Waals surface area contributed by atoms with E-state index in [4.69, 9.17) is 9.47 Å². The highest BCUT2D eigenvalue weighted by molar-refractivity contribution is 7.89. The van der Waals surface area contributed by atoms with Crippen molar-refractivity contribution in [1.29, 1.82) is 0 Å². The van der Waals surface area contributed by atoms with Gasteiger partial charge in [-0.05, 0) is 29.8 Å². The zero-order chi connectivity index (χ0) is 17.4. The smallest absolute Gasteiger partial charge is 0.245 e. The molecule has 0 N–H and O–H groups in total. The van der Waals surface area contributed by atoms with Crippen LogP contribution in [0.5, 0.6) is 11.5 Å². The van der Waals surface area contributed by atoms with Gasteiger partial charge < -0.3 is 9.47 Å². The van der Waals surface area contributed by atoms with Gasteiger partial charge in [-0.1, -0.05) is 12.1 Å². The molecular weight excluding hydrogens is 362 g/mol. The van der Waals surface area contributed by atoms with Crippen LogP contribution in [0.2, 0.25) is 0 Å². The second-order valence-corrected chi connectivity index (χ2v) is 8.17. The van der Waals surface area contributed by atoms with E-state index in [-0.39, 0.29) is 11.4 Å². The Balaban J connectivity index is 1.64. The van der Waals surface area contributed by atoms with E-state index in [0.717, 1.165) is 17.3 Å². The lowest BCUT2D eigenvalue weighted by molar-refractivity contribution is 0.171. The third kappa shape index (κ3) is 2.94. The largest absolute Gasteiger partial charge is 0.486 e. The fourth-order valence-corrected chi connectivity index (χ4v) is 4.59. The first-order chi connectivity index (χ1) is 12.1. The van der Waals surface area contributed by atoms with E-state index >= 15 is 0 Å². The summed E-state index contributed by atoms with van der Waals surface area (Å²) in [5.74, 6) is 1.32. The summed E-state index contributed by atoms with van der Waals surface area (Å²) in [5, 5.41) is 0. The number of fused-ring (bicyclic) bond motifs is 2. The molecule has 3 aromatic rings. The summed E-state index contributed by atoms with van der Waals surface area (Å²) in [6.45, 7) is 1.22. The molecule has 1 aliphatic rings. The van der Waals surface area contributed by atoms with Gasteiger partial charge in [0.15, 0.2) is 11.5 Å². The van der Waals surface area contributed by atoms with Crippen molar-refractivity contribution in [2.75, 3.05) is 20.3 Å². The summed E-state index contributed by atoms with van der Waals surface area (Å²) >= 11 is 1.00. The maximum absolute atomic E-state index is 12.9. The molecule has 0 spiro atoms. The van der Waals surface area contributed by atoms with Gasteiger partial charge in [0.1, 0.15) is 29.1 Å². The van der Waals surface area contributed by atoms with Crippen LogP contribution in [-0.4, -0.2) is 41.7 Å². The minimum Gasteiger partial charge on any atom is -0.486 e. The molecule has 2 heterocycles. The first-order valence-electron chi connectivity index (χ1n) is 7.62. The van der Waals surface area contributed by atoms with Crippen molar-refractivity contribution >= 4 is 32.8 Å². The maximum Gasteiger partial charge on any atom is 0.245 e. The van der Waals surface area contributed by atoms with Crippen molar-refractivity contribution in [3.05, 3.63) is 42.0 Å². The topological polar surface area (TPSA) is 81.6 Å². The van der Waals surface area contributed by atoms with Gasteiger partial charge in [0.2, 0.25) is 10.0 Å². The second kappa shape index (κ2) is 6.25. The Morgan fingerprint density at radius 3 is 2.76 bits per heavy atom. The maximum atomic E-state index is 12.9. The molecule has 1 aromatic heterocycles. The van der Waals surface area contributed by atoms with Gasteiger partial charge in [-0.3, -0.25) is 0 Å². The predicted molar refractivity (Wildman–Crippen MR) is 93.5 cm³/mol. The van der Waals surface area contributed by atoms with Crippen molar-refractivity contribution in [3.8, 4) is 11.5 Å². The molecule has 0 aliphatic carbocycles. The van der Waals surface area contributed by atoms with E-state index in [1.54, 1.807) is 31.3 Å². The van der Waals surface area contributed by atoms with Gasteiger partial charge in [0.25, 0.3) is 0 Å². The molecule has 130 valence electrons. The Labute approximate surface area is 149 Å². The summed E-state index contributed by atoms with van der Waals surface area (Å²) < 4.78 is 46.4. The van der Waals surface area contributed by atoms with Crippen molar-refractivity contribution in [1.82, 2.24) is 13.1 Å². The monoisotopic (exact) mass is 377 g/mol. The molecule has 0 atom stereocenters. The van der Waals surface area contributed by atoms with Gasteiger partial charge in [-0.15, -0.1) is 0 Å². The third-order valence-electron chi connectivity index (χ3n) is 3.95. The molecule has 25 heavy (non-hydrogen) atoms. The van der Waals surface area contributed by atoms with E-state index in [2.05, 4.69) is 8.75 Å².